The van der Waals surface area contributed by atoms with Gasteiger partial charge in [-0.05, 0) is 62.1 Å². The first-order chi connectivity index (χ1) is 13.5. The summed E-state index contributed by atoms with van der Waals surface area (Å²) in [6, 6.07) is 7.98. The largest absolute Gasteiger partial charge is 0.474 e. The van der Waals surface area contributed by atoms with Crippen LogP contribution in [0.4, 0.5) is 24.8 Å². The summed E-state index contributed by atoms with van der Waals surface area (Å²) < 4.78 is 45.5. The van der Waals surface area contributed by atoms with Crippen molar-refractivity contribution in [1.82, 2.24) is 9.97 Å². The second-order valence-electron chi connectivity index (χ2n) is 7.66. The molecule has 2 aliphatic carbocycles. The van der Waals surface area contributed by atoms with E-state index >= 15 is 0 Å². The fraction of sp³-hybridized carbons (Fsp3) is 0.524. The molecule has 1 aromatic carbocycles. The van der Waals surface area contributed by atoms with E-state index < -0.39 is 11.7 Å². The molecule has 0 atom stereocenters. The van der Waals surface area contributed by atoms with Gasteiger partial charge in [0.1, 0.15) is 11.7 Å². The van der Waals surface area contributed by atoms with E-state index in [0.29, 0.717) is 5.92 Å². The minimum atomic E-state index is -4.55. The van der Waals surface area contributed by atoms with Crippen LogP contribution in [0.2, 0.25) is 0 Å². The summed E-state index contributed by atoms with van der Waals surface area (Å²) in [5.41, 5.74) is 1.12. The van der Waals surface area contributed by atoms with Crippen molar-refractivity contribution >= 4 is 11.6 Å². The summed E-state index contributed by atoms with van der Waals surface area (Å²) in [4.78, 5) is 7.89. The minimum absolute atomic E-state index is 0.106. The highest BCUT2D eigenvalue weighted by Gasteiger charge is 2.37. The van der Waals surface area contributed by atoms with E-state index in [0.717, 1.165) is 37.6 Å². The molecule has 1 aromatic heterocycles. The lowest BCUT2D eigenvalue weighted by atomic mass is 9.98. The van der Waals surface area contributed by atoms with Gasteiger partial charge in [-0.15, -0.1) is 0 Å². The summed E-state index contributed by atoms with van der Waals surface area (Å²) in [6.45, 7) is 0. The lowest BCUT2D eigenvalue weighted by Crippen LogP contribution is -2.18. The van der Waals surface area contributed by atoms with Crippen LogP contribution in [-0.2, 0) is 6.18 Å². The molecule has 4 nitrogen and oxygen atoms in total. The predicted molar refractivity (Wildman–Crippen MR) is 101 cm³/mol. The number of rotatable bonds is 5. The number of benzene rings is 1. The highest BCUT2D eigenvalue weighted by atomic mass is 19.4. The van der Waals surface area contributed by atoms with Crippen molar-refractivity contribution in [3.05, 3.63) is 41.6 Å². The van der Waals surface area contributed by atoms with Crippen molar-refractivity contribution in [3.8, 4) is 5.88 Å². The van der Waals surface area contributed by atoms with E-state index in [2.05, 4.69) is 27.4 Å². The molecule has 1 heterocycles. The Balaban J connectivity index is 1.52. The van der Waals surface area contributed by atoms with Crippen LogP contribution in [0.3, 0.4) is 0 Å². The van der Waals surface area contributed by atoms with E-state index in [9.17, 15) is 13.2 Å². The Bertz CT molecular complexity index is 796. The maximum Gasteiger partial charge on any atom is 0.423 e. The molecule has 1 N–H and O–H groups in total. The average Bonchev–Trinajstić information content (AvgIpc) is 3.35. The molecule has 2 fully saturated rings. The van der Waals surface area contributed by atoms with E-state index in [1.165, 1.54) is 31.2 Å². The summed E-state index contributed by atoms with van der Waals surface area (Å²) in [6.07, 6.45) is 4.47. The first kappa shape index (κ1) is 19.0. The molecule has 150 valence electrons. The van der Waals surface area contributed by atoms with Gasteiger partial charge in [0.15, 0.2) is 0 Å². The van der Waals surface area contributed by atoms with Crippen LogP contribution in [0.25, 0.3) is 0 Å². The van der Waals surface area contributed by atoms with Gasteiger partial charge in [0.05, 0.1) is 0 Å². The highest BCUT2D eigenvalue weighted by Crippen LogP contribution is 2.37. The number of alkyl halides is 3. The van der Waals surface area contributed by atoms with Crippen LogP contribution < -0.4 is 10.1 Å². The van der Waals surface area contributed by atoms with Gasteiger partial charge in [0.25, 0.3) is 0 Å². The monoisotopic (exact) mass is 391 g/mol. The predicted octanol–water partition coefficient (Wildman–Crippen LogP) is 6.22. The van der Waals surface area contributed by atoms with Gasteiger partial charge >= 0.3 is 6.18 Å². The number of ether oxygens (including phenoxy) is 1. The van der Waals surface area contributed by atoms with Gasteiger partial charge in [-0.25, -0.2) is 4.98 Å². The van der Waals surface area contributed by atoms with Crippen LogP contribution in [-0.4, -0.2) is 16.1 Å². The molecule has 0 amide bonds. The fourth-order valence-corrected chi connectivity index (χ4v) is 4.10. The normalized spacial score (nSPS) is 18.5. The molecule has 2 aliphatic rings. The number of aromatic nitrogens is 2. The summed E-state index contributed by atoms with van der Waals surface area (Å²) in [7, 11) is 0. The van der Waals surface area contributed by atoms with E-state index in [1.54, 1.807) is 0 Å². The zero-order chi connectivity index (χ0) is 19.6. The number of halogens is 3. The fourth-order valence-electron chi connectivity index (χ4n) is 4.10. The Morgan fingerprint density at radius 2 is 1.57 bits per heavy atom. The van der Waals surface area contributed by atoms with Gasteiger partial charge in [-0.3, -0.25) is 0 Å². The first-order valence-corrected chi connectivity index (χ1v) is 9.97. The number of anilines is 2. The van der Waals surface area contributed by atoms with Crippen molar-refractivity contribution in [2.45, 2.75) is 69.6 Å². The molecule has 0 bridgehead atoms. The highest BCUT2D eigenvalue weighted by molar-refractivity contribution is 5.54. The van der Waals surface area contributed by atoms with Crippen molar-refractivity contribution in [2.75, 3.05) is 5.32 Å². The topological polar surface area (TPSA) is 47.0 Å². The molecule has 4 rings (SSSR count). The quantitative estimate of drug-likeness (QED) is 0.657. The van der Waals surface area contributed by atoms with Crippen molar-refractivity contribution in [2.24, 2.45) is 0 Å². The van der Waals surface area contributed by atoms with E-state index in [1.807, 2.05) is 12.1 Å². The smallest absolute Gasteiger partial charge is 0.423 e. The molecule has 28 heavy (non-hydrogen) atoms. The molecule has 0 unspecified atom stereocenters. The maximum atomic E-state index is 13.3. The van der Waals surface area contributed by atoms with Gasteiger partial charge in [0.2, 0.25) is 11.8 Å². The third-order valence-electron chi connectivity index (χ3n) is 5.63. The maximum absolute atomic E-state index is 13.3. The Labute approximate surface area is 162 Å². The second kappa shape index (κ2) is 7.97. The van der Waals surface area contributed by atoms with Gasteiger partial charge in [-0.1, -0.05) is 25.0 Å². The molecule has 0 aliphatic heterocycles. The third-order valence-corrected chi connectivity index (χ3v) is 5.63. The van der Waals surface area contributed by atoms with E-state index in [4.69, 9.17) is 4.74 Å². The Morgan fingerprint density at radius 3 is 2.21 bits per heavy atom. The first-order valence-electron chi connectivity index (χ1n) is 9.97. The summed E-state index contributed by atoms with van der Waals surface area (Å²) >= 11 is 0. The van der Waals surface area contributed by atoms with Gasteiger partial charge in [0, 0.05) is 11.9 Å². The number of nitrogens with zero attached hydrogens (tertiary/aromatic N) is 2. The van der Waals surface area contributed by atoms with Crippen LogP contribution in [0.15, 0.2) is 30.5 Å². The molecule has 0 radical (unpaired) electrons. The third kappa shape index (κ3) is 4.39. The lowest BCUT2D eigenvalue weighted by Gasteiger charge is -2.17. The second-order valence-corrected chi connectivity index (χ2v) is 7.66. The molecular formula is C21H24F3N3O. The van der Waals surface area contributed by atoms with Crippen LogP contribution in [0.1, 0.15) is 68.4 Å². The number of hydrogen-bond donors (Lipinski definition) is 1. The zero-order valence-corrected chi connectivity index (χ0v) is 15.6. The molecule has 0 spiro atoms. The van der Waals surface area contributed by atoms with Gasteiger partial charge < -0.3 is 10.1 Å². The Hall–Kier alpha value is -2.31. The minimum Gasteiger partial charge on any atom is -0.474 e. The average molecular weight is 391 g/mol. The zero-order valence-electron chi connectivity index (χ0n) is 15.6. The van der Waals surface area contributed by atoms with Crippen molar-refractivity contribution in [1.29, 1.82) is 0 Å². The van der Waals surface area contributed by atoms with Crippen LogP contribution in [0, 0.1) is 0 Å². The number of nitrogens with one attached hydrogen (secondary N) is 1. The van der Waals surface area contributed by atoms with Crippen molar-refractivity contribution in [3.63, 3.8) is 0 Å². The molecular weight excluding hydrogens is 367 g/mol. The summed E-state index contributed by atoms with van der Waals surface area (Å²) in [5, 5.41) is 3.00. The standard InChI is InChI=1S/C21H24F3N3O/c22-21(23,24)18-13-25-20(27-19(18)28-17-7-3-4-8-17)26-16-11-9-15(10-12-16)14-5-1-2-6-14/h9-14,17H,1-8H2,(H,25,26,27). The Morgan fingerprint density at radius 1 is 0.929 bits per heavy atom. The van der Waals surface area contributed by atoms with Crippen molar-refractivity contribution < 1.29 is 17.9 Å². The number of hydrogen-bond acceptors (Lipinski definition) is 4. The SMILES string of the molecule is FC(F)(F)c1cnc(Nc2ccc(C3CCCC3)cc2)nc1OC1CCCC1. The summed E-state index contributed by atoms with van der Waals surface area (Å²) in [5.74, 6) is 0.330. The van der Waals surface area contributed by atoms with Crippen LogP contribution in [0.5, 0.6) is 5.88 Å². The Kier molecular flexibility index (Phi) is 5.42. The van der Waals surface area contributed by atoms with Gasteiger partial charge in [-0.2, -0.15) is 18.2 Å². The van der Waals surface area contributed by atoms with E-state index in [-0.39, 0.29) is 17.9 Å². The molecule has 2 saturated carbocycles. The van der Waals surface area contributed by atoms with Crippen LogP contribution >= 0.6 is 0 Å². The molecule has 2 aromatic rings. The lowest BCUT2D eigenvalue weighted by molar-refractivity contribution is -0.139. The molecule has 0 saturated heterocycles. The molecule has 7 heteroatoms.